The highest BCUT2D eigenvalue weighted by atomic mass is 16.2. The van der Waals surface area contributed by atoms with Gasteiger partial charge in [0.2, 0.25) is 0 Å². The Bertz CT molecular complexity index is 1010. The van der Waals surface area contributed by atoms with Crippen molar-refractivity contribution >= 4 is 23.2 Å². The first-order valence-corrected chi connectivity index (χ1v) is 9.45. The molecule has 0 saturated heterocycles. The van der Waals surface area contributed by atoms with E-state index in [1.54, 1.807) is 24.3 Å². The van der Waals surface area contributed by atoms with E-state index < -0.39 is 0 Å². The molecule has 148 valence electrons. The van der Waals surface area contributed by atoms with E-state index in [0.717, 1.165) is 16.8 Å². The number of nitrogens with one attached hydrogen (secondary N) is 2. The summed E-state index contributed by atoms with van der Waals surface area (Å²) in [5.74, 6) is -0.465. The van der Waals surface area contributed by atoms with E-state index in [1.165, 1.54) is 0 Å². The molecular weight excluding hydrogens is 362 g/mol. The Morgan fingerprint density at radius 2 is 1.48 bits per heavy atom. The van der Waals surface area contributed by atoms with Crippen LogP contribution in [-0.2, 0) is 6.54 Å². The molecule has 0 aromatic heterocycles. The Kier molecular flexibility index (Phi) is 6.29. The van der Waals surface area contributed by atoms with Crippen molar-refractivity contribution in [3.05, 3.63) is 95.1 Å². The van der Waals surface area contributed by atoms with Crippen molar-refractivity contribution in [2.45, 2.75) is 13.5 Å². The molecule has 0 bridgehead atoms. The highest BCUT2D eigenvalue weighted by Crippen LogP contribution is 2.17. The van der Waals surface area contributed by atoms with Gasteiger partial charge in [0, 0.05) is 43.1 Å². The van der Waals surface area contributed by atoms with E-state index in [4.69, 9.17) is 0 Å². The molecule has 0 aliphatic rings. The third-order valence-electron chi connectivity index (χ3n) is 4.56. The summed E-state index contributed by atoms with van der Waals surface area (Å²) >= 11 is 0. The summed E-state index contributed by atoms with van der Waals surface area (Å²) in [6.07, 6.45) is 0. The zero-order valence-corrected chi connectivity index (χ0v) is 16.9. The molecular formula is C24H25N3O2. The maximum atomic E-state index is 12.6. The van der Waals surface area contributed by atoms with E-state index in [-0.39, 0.29) is 11.8 Å². The van der Waals surface area contributed by atoms with Crippen LogP contribution in [-0.4, -0.2) is 25.9 Å². The van der Waals surface area contributed by atoms with Gasteiger partial charge in [-0.25, -0.2) is 0 Å². The summed E-state index contributed by atoms with van der Waals surface area (Å²) in [7, 11) is 3.92. The van der Waals surface area contributed by atoms with E-state index in [2.05, 4.69) is 10.6 Å². The molecule has 0 fully saturated rings. The normalized spacial score (nSPS) is 10.3. The van der Waals surface area contributed by atoms with Crippen LogP contribution in [0, 0.1) is 6.92 Å². The number of carbonyl (C=O) groups excluding carboxylic acids is 2. The summed E-state index contributed by atoms with van der Waals surface area (Å²) < 4.78 is 0. The molecule has 5 heteroatoms. The van der Waals surface area contributed by atoms with Crippen LogP contribution in [0.5, 0.6) is 0 Å². The monoisotopic (exact) mass is 387 g/mol. The number of hydrogen-bond donors (Lipinski definition) is 2. The Labute approximate surface area is 171 Å². The molecule has 0 aliphatic carbocycles. The fraction of sp³-hybridized carbons (Fsp3) is 0.167. The van der Waals surface area contributed by atoms with Gasteiger partial charge < -0.3 is 15.5 Å². The minimum absolute atomic E-state index is 0.212. The first-order valence-electron chi connectivity index (χ1n) is 9.45. The van der Waals surface area contributed by atoms with Crippen molar-refractivity contribution in [2.75, 3.05) is 24.3 Å². The van der Waals surface area contributed by atoms with Gasteiger partial charge in [0.1, 0.15) is 0 Å². The molecule has 5 nitrogen and oxygen atoms in total. The van der Waals surface area contributed by atoms with Crippen LogP contribution in [0.2, 0.25) is 0 Å². The van der Waals surface area contributed by atoms with Crippen LogP contribution < -0.4 is 15.5 Å². The van der Waals surface area contributed by atoms with Crippen molar-refractivity contribution < 1.29 is 9.59 Å². The first-order chi connectivity index (χ1) is 13.9. The van der Waals surface area contributed by atoms with Gasteiger partial charge in [-0.05, 0) is 55.0 Å². The lowest BCUT2D eigenvalue weighted by Crippen LogP contribution is -2.23. The van der Waals surface area contributed by atoms with Gasteiger partial charge in [0.25, 0.3) is 11.8 Å². The maximum absolute atomic E-state index is 12.6. The second-order valence-electron chi connectivity index (χ2n) is 7.15. The van der Waals surface area contributed by atoms with Crippen molar-refractivity contribution in [2.24, 2.45) is 0 Å². The molecule has 0 spiro atoms. The molecule has 0 atom stereocenters. The lowest BCUT2D eigenvalue weighted by atomic mass is 10.1. The minimum atomic E-state index is -0.254. The van der Waals surface area contributed by atoms with Crippen molar-refractivity contribution in [3.8, 4) is 0 Å². The number of rotatable bonds is 6. The summed E-state index contributed by atoms with van der Waals surface area (Å²) in [4.78, 5) is 27.1. The molecule has 0 aliphatic heterocycles. The summed E-state index contributed by atoms with van der Waals surface area (Å²) in [5, 5.41) is 5.77. The predicted molar refractivity (Wildman–Crippen MR) is 118 cm³/mol. The van der Waals surface area contributed by atoms with Gasteiger partial charge in [0.05, 0.1) is 0 Å². The van der Waals surface area contributed by atoms with Gasteiger partial charge in [-0.3, -0.25) is 9.59 Å². The Hall–Kier alpha value is -3.60. The number of benzene rings is 3. The Morgan fingerprint density at radius 1 is 0.828 bits per heavy atom. The number of nitrogens with zero attached hydrogens (tertiary/aromatic N) is 1. The average molecular weight is 387 g/mol. The van der Waals surface area contributed by atoms with E-state index >= 15 is 0 Å². The van der Waals surface area contributed by atoms with Gasteiger partial charge in [-0.15, -0.1) is 0 Å². The largest absolute Gasteiger partial charge is 0.378 e. The molecule has 3 aromatic carbocycles. The van der Waals surface area contributed by atoms with E-state index in [1.807, 2.05) is 74.4 Å². The number of carbonyl (C=O) groups is 2. The SMILES string of the molecule is Cc1cccc(CNC(=O)c2cccc(C(=O)Nc3ccc(N(C)C)cc3)c2)c1. The minimum Gasteiger partial charge on any atom is -0.378 e. The molecule has 3 aromatic rings. The van der Waals surface area contributed by atoms with E-state index in [0.29, 0.717) is 23.4 Å². The quantitative estimate of drug-likeness (QED) is 0.665. The summed E-state index contributed by atoms with van der Waals surface area (Å²) in [6, 6.07) is 22.3. The third-order valence-corrected chi connectivity index (χ3v) is 4.56. The predicted octanol–water partition coefficient (Wildman–Crippen LogP) is 4.24. The number of hydrogen-bond acceptors (Lipinski definition) is 3. The standard InChI is InChI=1S/C24H25N3O2/c1-17-6-4-7-18(14-17)16-25-23(28)19-8-5-9-20(15-19)24(29)26-21-10-12-22(13-11-21)27(2)3/h4-15H,16H2,1-3H3,(H,25,28)(H,26,29). The zero-order chi connectivity index (χ0) is 20.8. The zero-order valence-electron chi connectivity index (χ0n) is 16.9. The van der Waals surface area contributed by atoms with Gasteiger partial charge in [-0.1, -0.05) is 35.9 Å². The van der Waals surface area contributed by atoms with Crippen LogP contribution in [0.4, 0.5) is 11.4 Å². The molecule has 3 rings (SSSR count). The molecule has 0 radical (unpaired) electrons. The molecule has 0 unspecified atom stereocenters. The molecule has 2 amide bonds. The van der Waals surface area contributed by atoms with Gasteiger partial charge in [0.15, 0.2) is 0 Å². The second kappa shape index (κ2) is 9.06. The third kappa shape index (κ3) is 5.45. The van der Waals surface area contributed by atoms with Crippen LogP contribution in [0.1, 0.15) is 31.8 Å². The van der Waals surface area contributed by atoms with Crippen molar-refractivity contribution in [1.29, 1.82) is 0 Å². The van der Waals surface area contributed by atoms with Crippen LogP contribution in [0.3, 0.4) is 0 Å². The van der Waals surface area contributed by atoms with Crippen LogP contribution in [0.15, 0.2) is 72.8 Å². The summed E-state index contributed by atoms with van der Waals surface area (Å²) in [5.41, 5.74) is 4.82. The number of anilines is 2. The smallest absolute Gasteiger partial charge is 0.255 e. The fourth-order valence-electron chi connectivity index (χ4n) is 2.95. The fourth-order valence-corrected chi connectivity index (χ4v) is 2.95. The second-order valence-corrected chi connectivity index (χ2v) is 7.15. The highest BCUT2D eigenvalue weighted by molar-refractivity contribution is 6.06. The lowest BCUT2D eigenvalue weighted by molar-refractivity contribution is 0.0951. The van der Waals surface area contributed by atoms with Crippen LogP contribution in [0.25, 0.3) is 0 Å². The number of aryl methyl sites for hydroxylation is 1. The molecule has 0 saturated carbocycles. The van der Waals surface area contributed by atoms with Gasteiger partial charge >= 0.3 is 0 Å². The molecule has 29 heavy (non-hydrogen) atoms. The van der Waals surface area contributed by atoms with Gasteiger partial charge in [-0.2, -0.15) is 0 Å². The topological polar surface area (TPSA) is 61.4 Å². The summed E-state index contributed by atoms with van der Waals surface area (Å²) in [6.45, 7) is 2.45. The van der Waals surface area contributed by atoms with E-state index in [9.17, 15) is 9.59 Å². The molecule has 2 N–H and O–H groups in total. The first kappa shape index (κ1) is 20.1. The molecule has 0 heterocycles. The van der Waals surface area contributed by atoms with Crippen molar-refractivity contribution in [1.82, 2.24) is 5.32 Å². The maximum Gasteiger partial charge on any atom is 0.255 e. The Morgan fingerprint density at radius 3 is 2.14 bits per heavy atom. The Balaban J connectivity index is 1.64. The van der Waals surface area contributed by atoms with Crippen LogP contribution >= 0.6 is 0 Å². The van der Waals surface area contributed by atoms with Crippen molar-refractivity contribution in [3.63, 3.8) is 0 Å². The number of amides is 2. The lowest BCUT2D eigenvalue weighted by Gasteiger charge is -2.13. The highest BCUT2D eigenvalue weighted by Gasteiger charge is 2.11. The average Bonchev–Trinajstić information content (AvgIpc) is 2.72.